The van der Waals surface area contributed by atoms with Crippen molar-refractivity contribution in [1.29, 1.82) is 0 Å². The molecule has 1 aliphatic carbocycles. The molecule has 1 aromatic carbocycles. The van der Waals surface area contributed by atoms with Crippen LogP contribution < -0.4 is 5.32 Å². The van der Waals surface area contributed by atoms with Gasteiger partial charge in [0.15, 0.2) is 0 Å². The van der Waals surface area contributed by atoms with Crippen LogP contribution in [0.3, 0.4) is 0 Å². The lowest BCUT2D eigenvalue weighted by molar-refractivity contribution is -0.157. The quantitative estimate of drug-likeness (QED) is 0.627. The number of carbonyl (C=O) groups excluding carboxylic acids is 1. The molecule has 22 heavy (non-hydrogen) atoms. The molecule has 1 N–H and O–H groups in total. The van der Waals surface area contributed by atoms with Crippen molar-refractivity contribution in [2.24, 2.45) is 5.92 Å². The molecule has 0 aromatic heterocycles. The van der Waals surface area contributed by atoms with Gasteiger partial charge in [0, 0.05) is 17.5 Å². The Bertz CT molecular complexity index is 640. The van der Waals surface area contributed by atoms with E-state index in [4.69, 9.17) is 4.74 Å². The maximum absolute atomic E-state index is 12.6. The van der Waals surface area contributed by atoms with Crippen molar-refractivity contribution in [1.82, 2.24) is 0 Å². The van der Waals surface area contributed by atoms with E-state index in [0.717, 1.165) is 12.1 Å². The van der Waals surface area contributed by atoms with Gasteiger partial charge in [0.05, 0.1) is 0 Å². The van der Waals surface area contributed by atoms with Gasteiger partial charge in [0.25, 0.3) is 0 Å². The molecule has 3 nitrogen and oxygen atoms in total. The van der Waals surface area contributed by atoms with Crippen LogP contribution in [-0.4, -0.2) is 17.6 Å². The van der Waals surface area contributed by atoms with E-state index in [0.29, 0.717) is 5.92 Å². The minimum atomic E-state index is -0.456. The number of carbonyl (C=O) groups is 1. The number of allylic oxidation sites excluding steroid dienone is 2. The summed E-state index contributed by atoms with van der Waals surface area (Å²) in [6.45, 7) is 10.00. The summed E-state index contributed by atoms with van der Waals surface area (Å²) in [6.07, 6.45) is 5.38. The van der Waals surface area contributed by atoms with Gasteiger partial charge in [-0.1, -0.05) is 24.3 Å². The average Bonchev–Trinajstić information content (AvgIpc) is 2.88. The summed E-state index contributed by atoms with van der Waals surface area (Å²) in [5, 5.41) is 3.49. The first kappa shape index (κ1) is 15.1. The third-order valence-electron chi connectivity index (χ3n) is 4.61. The zero-order valence-corrected chi connectivity index (χ0v) is 14.1. The Balaban J connectivity index is 2.00. The van der Waals surface area contributed by atoms with Gasteiger partial charge in [-0.25, -0.2) is 4.79 Å². The largest absolute Gasteiger partial charge is 0.458 e. The monoisotopic (exact) mass is 299 g/mol. The molecule has 0 fully saturated rings. The van der Waals surface area contributed by atoms with Crippen molar-refractivity contribution in [3.05, 3.63) is 41.0 Å². The number of benzene rings is 1. The van der Waals surface area contributed by atoms with E-state index < -0.39 is 5.60 Å². The first-order valence-electron chi connectivity index (χ1n) is 8.04. The van der Waals surface area contributed by atoms with E-state index in [-0.39, 0.29) is 17.9 Å². The molecular formula is C19H25NO2. The van der Waals surface area contributed by atoms with E-state index in [1.165, 1.54) is 16.7 Å². The first-order valence-corrected chi connectivity index (χ1v) is 8.04. The second-order valence-corrected chi connectivity index (χ2v) is 7.50. The minimum Gasteiger partial charge on any atom is -0.458 e. The molecule has 1 aromatic rings. The molecule has 0 bridgehead atoms. The maximum atomic E-state index is 12.6. The van der Waals surface area contributed by atoms with Crippen molar-refractivity contribution in [3.8, 4) is 0 Å². The fourth-order valence-electron chi connectivity index (χ4n) is 3.64. The zero-order chi connectivity index (χ0) is 16.1. The predicted molar refractivity (Wildman–Crippen MR) is 89.2 cm³/mol. The van der Waals surface area contributed by atoms with Crippen molar-refractivity contribution < 1.29 is 9.53 Å². The molecule has 0 spiro atoms. The second kappa shape index (κ2) is 5.15. The predicted octanol–water partition coefficient (Wildman–Crippen LogP) is 4.10. The van der Waals surface area contributed by atoms with E-state index in [1.54, 1.807) is 0 Å². The van der Waals surface area contributed by atoms with Crippen molar-refractivity contribution in [3.63, 3.8) is 0 Å². The van der Waals surface area contributed by atoms with Gasteiger partial charge >= 0.3 is 5.97 Å². The van der Waals surface area contributed by atoms with Gasteiger partial charge in [0.1, 0.15) is 11.6 Å². The number of ether oxygens (including phenoxy) is 1. The first-order chi connectivity index (χ1) is 10.3. The summed E-state index contributed by atoms with van der Waals surface area (Å²) >= 11 is 0. The van der Waals surface area contributed by atoms with Crippen LogP contribution >= 0.6 is 0 Å². The number of anilines is 1. The van der Waals surface area contributed by atoms with Gasteiger partial charge in [-0.2, -0.15) is 0 Å². The molecule has 118 valence electrons. The lowest BCUT2D eigenvalue weighted by atomic mass is 9.77. The smallest absolute Gasteiger partial charge is 0.329 e. The summed E-state index contributed by atoms with van der Waals surface area (Å²) in [5.74, 6) is 0.425. The molecule has 0 saturated heterocycles. The molecule has 3 rings (SSSR count). The number of aryl methyl sites for hydroxylation is 2. The van der Waals surface area contributed by atoms with Gasteiger partial charge in [-0.3, -0.25) is 0 Å². The van der Waals surface area contributed by atoms with E-state index in [1.807, 2.05) is 20.8 Å². The number of rotatable bonds is 1. The third-order valence-corrected chi connectivity index (χ3v) is 4.61. The minimum absolute atomic E-state index is 0.141. The molecule has 0 unspecified atom stereocenters. The summed E-state index contributed by atoms with van der Waals surface area (Å²) in [6, 6.07) is 4.02. The highest BCUT2D eigenvalue weighted by molar-refractivity contribution is 5.83. The number of nitrogens with one attached hydrogen (secondary N) is 1. The molecule has 3 heteroatoms. The number of hydrogen-bond acceptors (Lipinski definition) is 3. The van der Waals surface area contributed by atoms with E-state index in [2.05, 4.69) is 43.4 Å². The molecule has 3 atom stereocenters. The van der Waals surface area contributed by atoms with E-state index >= 15 is 0 Å². The number of hydrogen-bond donors (Lipinski definition) is 1. The zero-order valence-electron chi connectivity index (χ0n) is 14.1. The lowest BCUT2D eigenvalue weighted by Crippen LogP contribution is -2.45. The van der Waals surface area contributed by atoms with Crippen LogP contribution in [-0.2, 0) is 9.53 Å². The molecule has 0 saturated carbocycles. The van der Waals surface area contributed by atoms with Crippen LogP contribution in [0.5, 0.6) is 0 Å². The Morgan fingerprint density at radius 1 is 1.23 bits per heavy atom. The normalized spacial score (nSPS) is 26.1. The Morgan fingerprint density at radius 2 is 1.91 bits per heavy atom. The maximum Gasteiger partial charge on any atom is 0.329 e. The third kappa shape index (κ3) is 2.53. The molecule has 1 heterocycles. The fourth-order valence-corrected chi connectivity index (χ4v) is 3.64. The summed E-state index contributed by atoms with van der Waals surface area (Å²) in [5.41, 5.74) is 4.48. The average molecular weight is 299 g/mol. The van der Waals surface area contributed by atoms with Crippen LogP contribution in [0.15, 0.2) is 24.3 Å². The Labute approximate surface area is 132 Å². The SMILES string of the molecule is Cc1ccc(C)c2c1N[C@H](C(=O)OC(C)(C)C)[C@@H]1CC=C[C@H]21. The van der Waals surface area contributed by atoms with Crippen LogP contribution in [0, 0.1) is 19.8 Å². The highest BCUT2D eigenvalue weighted by atomic mass is 16.6. The lowest BCUT2D eigenvalue weighted by Gasteiger charge is -2.38. The van der Waals surface area contributed by atoms with Crippen molar-refractivity contribution in [2.75, 3.05) is 5.32 Å². The summed E-state index contributed by atoms with van der Waals surface area (Å²) in [7, 11) is 0. The van der Waals surface area contributed by atoms with Crippen molar-refractivity contribution >= 4 is 11.7 Å². The van der Waals surface area contributed by atoms with Gasteiger partial charge in [0.2, 0.25) is 0 Å². The van der Waals surface area contributed by atoms with Gasteiger partial charge < -0.3 is 10.1 Å². The highest BCUT2D eigenvalue weighted by Gasteiger charge is 2.43. The molecule has 2 aliphatic rings. The topological polar surface area (TPSA) is 38.3 Å². The highest BCUT2D eigenvalue weighted by Crippen LogP contribution is 2.47. The van der Waals surface area contributed by atoms with E-state index in [9.17, 15) is 4.79 Å². The van der Waals surface area contributed by atoms with Crippen LogP contribution in [0.4, 0.5) is 5.69 Å². The standard InChI is InChI=1S/C19H25NO2/c1-11-9-10-12(2)16-15(11)13-7-6-8-14(13)17(20-16)18(21)22-19(3,4)5/h6-7,9-10,13-14,17,20H,8H2,1-5H3/t13-,14+,17-/m0/s1. The number of fused-ring (bicyclic) bond motifs is 3. The molecular weight excluding hydrogens is 274 g/mol. The Morgan fingerprint density at radius 3 is 2.59 bits per heavy atom. The van der Waals surface area contributed by atoms with Crippen molar-refractivity contribution in [2.45, 2.75) is 58.6 Å². The molecule has 1 aliphatic heterocycles. The molecule has 0 amide bonds. The summed E-state index contributed by atoms with van der Waals surface area (Å²) in [4.78, 5) is 12.6. The number of esters is 1. The van der Waals surface area contributed by atoms with Crippen LogP contribution in [0.1, 0.15) is 49.8 Å². The molecule has 0 radical (unpaired) electrons. The van der Waals surface area contributed by atoms with Crippen LogP contribution in [0.2, 0.25) is 0 Å². The Hall–Kier alpha value is -1.77. The second-order valence-electron chi connectivity index (χ2n) is 7.50. The van der Waals surface area contributed by atoms with Gasteiger partial charge in [-0.05, 0) is 57.7 Å². The van der Waals surface area contributed by atoms with Crippen LogP contribution in [0.25, 0.3) is 0 Å². The summed E-state index contributed by atoms with van der Waals surface area (Å²) < 4.78 is 5.64. The fraction of sp³-hybridized carbons (Fsp3) is 0.526. The van der Waals surface area contributed by atoms with Gasteiger partial charge in [-0.15, -0.1) is 0 Å². The Kier molecular flexibility index (Phi) is 3.54.